The van der Waals surface area contributed by atoms with Crippen LogP contribution in [0.4, 0.5) is 0 Å². The van der Waals surface area contributed by atoms with Crippen molar-refractivity contribution in [3.8, 4) is 0 Å². The quantitative estimate of drug-likeness (QED) is 0.402. The molecule has 0 amide bonds. The van der Waals surface area contributed by atoms with Gasteiger partial charge in [-0.05, 0) is 24.1 Å². The Morgan fingerprint density at radius 3 is 2.28 bits per heavy atom. The summed E-state index contributed by atoms with van der Waals surface area (Å²) < 4.78 is 0. The number of halogens is 1. The summed E-state index contributed by atoms with van der Waals surface area (Å²) in [5.74, 6) is 1.95. The highest BCUT2D eigenvalue weighted by atomic mass is 35.6. The van der Waals surface area contributed by atoms with Gasteiger partial charge in [0.05, 0.1) is 0 Å². The average Bonchev–Trinajstić information content (AvgIpc) is 2.97. The predicted molar refractivity (Wildman–Crippen MR) is 115 cm³/mol. The molecule has 0 nitrogen and oxygen atoms in total. The lowest BCUT2D eigenvalue weighted by Gasteiger charge is -2.42. The summed E-state index contributed by atoms with van der Waals surface area (Å²) in [6.45, 7) is 3.22. The second-order valence-corrected chi connectivity index (χ2v) is 13.9. The maximum atomic E-state index is 7.55. The summed E-state index contributed by atoms with van der Waals surface area (Å²) in [5, 5.41) is 3.24. The molecule has 0 N–H and O–H groups in total. The summed E-state index contributed by atoms with van der Waals surface area (Å²) in [4.78, 5) is 0. The minimum atomic E-state index is -1.97. The zero-order valence-corrected chi connectivity index (χ0v) is 17.5. The first-order valence-electron chi connectivity index (χ1n) is 10.7. The molecule has 0 aromatic heterocycles. The third kappa shape index (κ3) is 3.30. The Morgan fingerprint density at radius 2 is 1.68 bits per heavy atom. The van der Waals surface area contributed by atoms with Crippen molar-refractivity contribution in [1.29, 1.82) is 0 Å². The van der Waals surface area contributed by atoms with E-state index in [0.717, 1.165) is 18.3 Å². The molecule has 2 bridgehead atoms. The lowest BCUT2D eigenvalue weighted by atomic mass is 9.24. The topological polar surface area (TPSA) is 0 Å². The van der Waals surface area contributed by atoms with Gasteiger partial charge in [0.2, 0.25) is 7.38 Å². The molecule has 2 saturated heterocycles. The summed E-state index contributed by atoms with van der Waals surface area (Å²) in [7, 11) is -1.97. The molecule has 1 aromatic carbocycles. The van der Waals surface area contributed by atoms with E-state index in [4.69, 9.17) is 11.1 Å². The van der Waals surface area contributed by atoms with Gasteiger partial charge in [0.15, 0.2) is 6.71 Å². The van der Waals surface area contributed by atoms with Gasteiger partial charge in [0.25, 0.3) is 0 Å². The molecular weight excluding hydrogens is 339 g/mol. The molecule has 134 valence electrons. The summed E-state index contributed by atoms with van der Waals surface area (Å²) in [5.41, 5.74) is 1.87. The van der Waals surface area contributed by atoms with Crippen LogP contribution in [0.2, 0.25) is 17.7 Å². The summed E-state index contributed by atoms with van der Waals surface area (Å²) in [6, 6.07) is 12.4. The van der Waals surface area contributed by atoms with Crippen molar-refractivity contribution in [2.24, 2.45) is 0 Å². The van der Waals surface area contributed by atoms with Crippen LogP contribution in [0.25, 0.3) is 0 Å². The Bertz CT molecular complexity index is 606. The Morgan fingerprint density at radius 1 is 1.04 bits per heavy atom. The van der Waals surface area contributed by atoms with E-state index >= 15 is 0 Å². The van der Waals surface area contributed by atoms with Gasteiger partial charge in [0.1, 0.15) is 0 Å². The molecule has 3 aliphatic heterocycles. The number of hydrogen-bond acceptors (Lipinski definition) is 0. The van der Waals surface area contributed by atoms with Crippen LogP contribution in [-0.2, 0) is 0 Å². The van der Waals surface area contributed by atoms with Crippen LogP contribution in [0, 0.1) is 0 Å². The third-order valence-corrected chi connectivity index (χ3v) is 13.0. The van der Waals surface area contributed by atoms with Crippen molar-refractivity contribution in [3.63, 3.8) is 0 Å². The minimum Gasteiger partial charge on any atom is -0.155 e. The molecule has 4 rings (SSSR count). The van der Waals surface area contributed by atoms with Gasteiger partial charge in [-0.15, -0.1) is 5.47 Å². The molecule has 1 aromatic rings. The summed E-state index contributed by atoms with van der Waals surface area (Å²) >= 11 is 7.55. The largest absolute Gasteiger partial charge is 0.212 e. The normalized spacial score (nSPS) is 32.3. The van der Waals surface area contributed by atoms with Crippen molar-refractivity contribution in [3.05, 3.63) is 41.0 Å². The first-order valence-corrected chi connectivity index (χ1v) is 13.9. The molecule has 0 spiro atoms. The molecule has 3 heteroatoms. The van der Waals surface area contributed by atoms with E-state index in [1.807, 2.05) is 5.47 Å². The van der Waals surface area contributed by atoms with Crippen LogP contribution in [0.3, 0.4) is 0 Å². The van der Waals surface area contributed by atoms with Crippen molar-refractivity contribution in [1.82, 2.24) is 0 Å². The number of hydrogen-bond donors (Lipinski definition) is 0. The fourth-order valence-corrected chi connectivity index (χ4v) is 11.2. The Hall–Kier alpha value is -0.468. The average molecular weight is 371 g/mol. The van der Waals surface area contributed by atoms with Crippen LogP contribution in [0.5, 0.6) is 0 Å². The minimum absolute atomic E-state index is 0.895. The lowest BCUT2D eigenvalue weighted by Crippen LogP contribution is -2.43. The molecule has 3 aliphatic rings. The van der Waals surface area contributed by atoms with Crippen molar-refractivity contribution < 1.29 is 0 Å². The monoisotopic (exact) mass is 370 g/mol. The second-order valence-electron chi connectivity index (χ2n) is 8.68. The highest BCUT2D eigenvalue weighted by Crippen LogP contribution is 2.53. The number of allylic oxidation sites excluding steroid dienone is 2. The van der Waals surface area contributed by atoms with E-state index in [2.05, 4.69) is 37.3 Å². The van der Waals surface area contributed by atoms with Gasteiger partial charge < -0.3 is 0 Å². The maximum absolute atomic E-state index is 7.55. The number of fused-ring (bicyclic) bond motifs is 2. The van der Waals surface area contributed by atoms with Crippen LogP contribution in [-0.4, -0.2) is 14.1 Å². The highest BCUT2D eigenvalue weighted by molar-refractivity contribution is 7.31. The predicted octanol–water partition coefficient (Wildman–Crippen LogP) is 6.65. The first-order chi connectivity index (χ1) is 12.2. The summed E-state index contributed by atoms with van der Waals surface area (Å²) in [6.07, 6.45) is 14.0. The SMILES string of the molecule is CCCCC1=C(B2C3CCCC2CCC3)CC[Si]1(Cl)c1ccccc1. The highest BCUT2D eigenvalue weighted by Gasteiger charge is 2.49. The van der Waals surface area contributed by atoms with E-state index < -0.39 is 7.38 Å². The molecule has 0 saturated carbocycles. The number of unbranched alkanes of at least 4 members (excludes halogenated alkanes) is 1. The Balaban J connectivity index is 1.74. The smallest absolute Gasteiger partial charge is 0.155 e. The van der Waals surface area contributed by atoms with Gasteiger partial charge in [0, 0.05) is 0 Å². The molecule has 0 radical (unpaired) electrons. The molecule has 2 fully saturated rings. The standard InChI is InChI=1S/C22H32BClSi/c1-2-3-15-22-21(23-18-9-7-10-19(23)12-8-11-18)16-17-25(22,24)20-13-5-4-6-14-20/h4-6,13-14,18-19H,2-3,7-12,15-17H2,1H3. The van der Waals surface area contributed by atoms with Gasteiger partial charge in [-0.25, -0.2) is 0 Å². The van der Waals surface area contributed by atoms with Crippen LogP contribution in [0.1, 0.15) is 71.1 Å². The van der Waals surface area contributed by atoms with E-state index in [-0.39, 0.29) is 0 Å². The molecular formula is C22H32BClSi. The van der Waals surface area contributed by atoms with Gasteiger partial charge in [-0.2, -0.15) is 11.1 Å². The fourth-order valence-electron chi connectivity index (χ4n) is 6.21. The van der Waals surface area contributed by atoms with Crippen LogP contribution in [0.15, 0.2) is 41.0 Å². The zero-order valence-electron chi connectivity index (χ0n) is 15.8. The van der Waals surface area contributed by atoms with E-state index in [9.17, 15) is 0 Å². The molecule has 0 aliphatic carbocycles. The number of rotatable bonds is 5. The van der Waals surface area contributed by atoms with E-state index in [1.165, 1.54) is 75.4 Å². The van der Waals surface area contributed by atoms with Crippen LogP contribution < -0.4 is 5.19 Å². The molecule has 25 heavy (non-hydrogen) atoms. The van der Waals surface area contributed by atoms with Gasteiger partial charge in [-0.3, -0.25) is 0 Å². The van der Waals surface area contributed by atoms with E-state index in [1.54, 1.807) is 5.20 Å². The molecule has 1 atom stereocenters. The Labute approximate surface area is 160 Å². The second kappa shape index (κ2) is 7.64. The van der Waals surface area contributed by atoms with Crippen molar-refractivity contribution in [2.45, 2.75) is 88.8 Å². The van der Waals surface area contributed by atoms with Crippen LogP contribution >= 0.6 is 11.1 Å². The first kappa shape index (κ1) is 17.9. The van der Waals surface area contributed by atoms with Crippen molar-refractivity contribution >= 4 is 30.4 Å². The zero-order chi connectivity index (χ0) is 17.3. The maximum Gasteiger partial charge on any atom is 0.212 e. The van der Waals surface area contributed by atoms with Gasteiger partial charge >= 0.3 is 0 Å². The molecule has 3 heterocycles. The fraction of sp³-hybridized carbons (Fsp3) is 0.636. The number of benzene rings is 1. The van der Waals surface area contributed by atoms with Gasteiger partial charge in [-0.1, -0.05) is 105 Å². The Kier molecular flexibility index (Phi) is 5.48. The van der Waals surface area contributed by atoms with E-state index in [0.29, 0.717) is 0 Å². The lowest BCUT2D eigenvalue weighted by molar-refractivity contribution is 0.445. The molecule has 1 unspecified atom stereocenters. The van der Waals surface area contributed by atoms with Crippen molar-refractivity contribution in [2.75, 3.05) is 0 Å². The third-order valence-electron chi connectivity index (χ3n) is 7.33.